The zero-order valence-corrected chi connectivity index (χ0v) is 13.8. The summed E-state index contributed by atoms with van der Waals surface area (Å²) in [6.45, 7) is 12.2. The van der Waals surface area contributed by atoms with Crippen LogP contribution in [-0.4, -0.2) is 36.5 Å². The zero-order valence-electron chi connectivity index (χ0n) is 13.8. The van der Waals surface area contributed by atoms with Gasteiger partial charge in [-0.1, -0.05) is 39.0 Å². The molecule has 0 aliphatic rings. The zero-order chi connectivity index (χ0) is 15.7. The maximum absolute atomic E-state index is 12.1. The summed E-state index contributed by atoms with van der Waals surface area (Å²) in [5.74, 6) is 0.0652. The first-order valence-electron chi connectivity index (χ1n) is 7.94. The smallest absolute Gasteiger partial charge is 0.225 e. The van der Waals surface area contributed by atoms with Crippen molar-refractivity contribution in [3.05, 3.63) is 29.8 Å². The average Bonchev–Trinajstić information content (AvgIpc) is 2.46. The van der Waals surface area contributed by atoms with Gasteiger partial charge in [-0.2, -0.15) is 0 Å². The van der Waals surface area contributed by atoms with Crippen LogP contribution in [0.2, 0.25) is 0 Å². The Morgan fingerprint density at radius 2 is 1.86 bits per heavy atom. The Kier molecular flexibility index (Phi) is 8.01. The van der Waals surface area contributed by atoms with Crippen LogP contribution in [0.5, 0.6) is 0 Å². The topological polar surface area (TPSA) is 44.4 Å². The van der Waals surface area contributed by atoms with Gasteiger partial charge in [0.2, 0.25) is 5.91 Å². The van der Waals surface area contributed by atoms with Gasteiger partial charge in [0.1, 0.15) is 0 Å². The predicted molar refractivity (Wildman–Crippen MR) is 89.5 cm³/mol. The standard InChI is InChI=1S/C17H29N3O/c1-5-18-14(4)12-17(21)19-16-11-9-8-10-15(16)13-20(6-2)7-3/h8-11,14,18H,5-7,12-13H2,1-4H3,(H,19,21). The number of rotatable bonds is 9. The summed E-state index contributed by atoms with van der Waals surface area (Å²) >= 11 is 0. The number of para-hydroxylation sites is 1. The lowest BCUT2D eigenvalue weighted by Gasteiger charge is -2.20. The fourth-order valence-corrected chi connectivity index (χ4v) is 2.37. The summed E-state index contributed by atoms with van der Waals surface area (Å²) in [5, 5.41) is 6.31. The first-order valence-corrected chi connectivity index (χ1v) is 7.94. The van der Waals surface area contributed by atoms with Gasteiger partial charge in [0.25, 0.3) is 0 Å². The van der Waals surface area contributed by atoms with Gasteiger partial charge in [-0.05, 0) is 38.2 Å². The van der Waals surface area contributed by atoms with E-state index in [4.69, 9.17) is 0 Å². The lowest BCUT2D eigenvalue weighted by Crippen LogP contribution is -2.30. The quantitative estimate of drug-likeness (QED) is 0.735. The number of carbonyl (C=O) groups excluding carboxylic acids is 1. The molecule has 0 heterocycles. The number of hydrogen-bond acceptors (Lipinski definition) is 3. The lowest BCUT2D eigenvalue weighted by molar-refractivity contribution is -0.116. The molecule has 21 heavy (non-hydrogen) atoms. The van der Waals surface area contributed by atoms with Gasteiger partial charge in [-0.3, -0.25) is 9.69 Å². The summed E-state index contributed by atoms with van der Waals surface area (Å²) in [6.07, 6.45) is 0.493. The summed E-state index contributed by atoms with van der Waals surface area (Å²) in [6, 6.07) is 8.26. The molecule has 0 spiro atoms. The van der Waals surface area contributed by atoms with E-state index in [1.165, 1.54) is 5.56 Å². The number of benzene rings is 1. The number of hydrogen-bond donors (Lipinski definition) is 2. The second-order valence-electron chi connectivity index (χ2n) is 5.33. The molecule has 1 amide bonds. The molecule has 4 nitrogen and oxygen atoms in total. The maximum atomic E-state index is 12.1. The second-order valence-corrected chi connectivity index (χ2v) is 5.33. The van der Waals surface area contributed by atoms with Crippen LogP contribution in [0, 0.1) is 0 Å². The number of carbonyl (C=O) groups is 1. The van der Waals surface area contributed by atoms with E-state index in [9.17, 15) is 4.79 Å². The van der Waals surface area contributed by atoms with Gasteiger partial charge in [0, 0.05) is 24.7 Å². The third-order valence-electron chi connectivity index (χ3n) is 3.62. The fraction of sp³-hybridized carbons (Fsp3) is 0.588. The minimum atomic E-state index is 0.0652. The number of amides is 1. The van der Waals surface area contributed by atoms with Crippen molar-refractivity contribution in [2.45, 2.75) is 46.7 Å². The Balaban J connectivity index is 2.68. The predicted octanol–water partition coefficient (Wildman–Crippen LogP) is 2.86. The highest BCUT2D eigenvalue weighted by molar-refractivity contribution is 5.91. The summed E-state index contributed by atoms with van der Waals surface area (Å²) in [4.78, 5) is 14.4. The molecule has 1 rings (SSSR count). The molecule has 2 N–H and O–H groups in total. The SMILES string of the molecule is CCNC(C)CC(=O)Nc1ccccc1CN(CC)CC. The van der Waals surface area contributed by atoms with Crippen LogP contribution >= 0.6 is 0 Å². The minimum absolute atomic E-state index is 0.0652. The van der Waals surface area contributed by atoms with Gasteiger partial charge in [-0.15, -0.1) is 0 Å². The number of anilines is 1. The van der Waals surface area contributed by atoms with E-state index >= 15 is 0 Å². The van der Waals surface area contributed by atoms with E-state index in [1.54, 1.807) is 0 Å². The molecule has 4 heteroatoms. The Morgan fingerprint density at radius 3 is 2.48 bits per heavy atom. The van der Waals surface area contributed by atoms with Crippen LogP contribution in [0.3, 0.4) is 0 Å². The molecule has 1 atom stereocenters. The molecule has 1 aromatic carbocycles. The molecule has 1 unspecified atom stereocenters. The Labute approximate surface area is 128 Å². The molecular weight excluding hydrogens is 262 g/mol. The third-order valence-corrected chi connectivity index (χ3v) is 3.62. The molecule has 0 aliphatic heterocycles. The molecule has 0 aromatic heterocycles. The van der Waals surface area contributed by atoms with Crippen molar-refractivity contribution in [1.29, 1.82) is 0 Å². The highest BCUT2D eigenvalue weighted by Crippen LogP contribution is 2.17. The van der Waals surface area contributed by atoms with Crippen LogP contribution in [-0.2, 0) is 11.3 Å². The minimum Gasteiger partial charge on any atom is -0.326 e. The van der Waals surface area contributed by atoms with Crippen LogP contribution < -0.4 is 10.6 Å². The van der Waals surface area contributed by atoms with Gasteiger partial charge in [-0.25, -0.2) is 0 Å². The third kappa shape index (κ3) is 6.27. The Morgan fingerprint density at radius 1 is 1.19 bits per heavy atom. The van der Waals surface area contributed by atoms with Crippen molar-refractivity contribution in [3.8, 4) is 0 Å². The van der Waals surface area contributed by atoms with E-state index in [1.807, 2.05) is 32.0 Å². The van der Waals surface area contributed by atoms with Crippen molar-refractivity contribution in [1.82, 2.24) is 10.2 Å². The first-order chi connectivity index (χ1) is 10.1. The number of nitrogens with one attached hydrogen (secondary N) is 2. The van der Waals surface area contributed by atoms with Gasteiger partial charge >= 0.3 is 0 Å². The van der Waals surface area contributed by atoms with E-state index in [0.717, 1.165) is 31.9 Å². The van der Waals surface area contributed by atoms with Crippen LogP contribution in [0.25, 0.3) is 0 Å². The molecule has 0 aliphatic carbocycles. The lowest BCUT2D eigenvalue weighted by atomic mass is 10.1. The van der Waals surface area contributed by atoms with Crippen molar-refractivity contribution in [3.63, 3.8) is 0 Å². The molecule has 0 fully saturated rings. The second kappa shape index (κ2) is 9.53. The van der Waals surface area contributed by atoms with Crippen molar-refractivity contribution in [2.75, 3.05) is 25.0 Å². The van der Waals surface area contributed by atoms with E-state index < -0.39 is 0 Å². The van der Waals surface area contributed by atoms with E-state index in [-0.39, 0.29) is 11.9 Å². The fourth-order valence-electron chi connectivity index (χ4n) is 2.37. The van der Waals surface area contributed by atoms with Crippen LogP contribution in [0.15, 0.2) is 24.3 Å². The summed E-state index contributed by atoms with van der Waals surface area (Å²) < 4.78 is 0. The molecule has 118 valence electrons. The van der Waals surface area contributed by atoms with Crippen LogP contribution in [0.1, 0.15) is 39.7 Å². The van der Waals surface area contributed by atoms with E-state index in [2.05, 4.69) is 35.4 Å². The van der Waals surface area contributed by atoms with Crippen molar-refractivity contribution >= 4 is 11.6 Å². The Bertz CT molecular complexity index is 430. The molecule has 0 bridgehead atoms. The van der Waals surface area contributed by atoms with Crippen molar-refractivity contribution in [2.24, 2.45) is 0 Å². The van der Waals surface area contributed by atoms with Gasteiger partial charge < -0.3 is 10.6 Å². The average molecular weight is 291 g/mol. The highest BCUT2D eigenvalue weighted by atomic mass is 16.1. The molecule has 0 saturated carbocycles. The maximum Gasteiger partial charge on any atom is 0.225 e. The summed E-state index contributed by atoms with van der Waals surface area (Å²) in [5.41, 5.74) is 2.10. The van der Waals surface area contributed by atoms with Crippen molar-refractivity contribution < 1.29 is 4.79 Å². The van der Waals surface area contributed by atoms with E-state index in [0.29, 0.717) is 6.42 Å². The molecule has 0 saturated heterocycles. The van der Waals surface area contributed by atoms with Gasteiger partial charge in [0.05, 0.1) is 0 Å². The molecule has 1 aromatic rings. The van der Waals surface area contributed by atoms with Crippen LogP contribution in [0.4, 0.5) is 5.69 Å². The summed E-state index contributed by atoms with van der Waals surface area (Å²) in [7, 11) is 0. The first kappa shape index (κ1) is 17.7. The highest BCUT2D eigenvalue weighted by Gasteiger charge is 2.11. The normalized spacial score (nSPS) is 12.4. The van der Waals surface area contributed by atoms with Gasteiger partial charge in [0.15, 0.2) is 0 Å². The monoisotopic (exact) mass is 291 g/mol. The molecule has 0 radical (unpaired) electrons. The Hall–Kier alpha value is -1.39. The number of nitrogens with zero attached hydrogens (tertiary/aromatic N) is 1. The molecular formula is C17H29N3O. The largest absolute Gasteiger partial charge is 0.326 e.